The lowest BCUT2D eigenvalue weighted by atomic mass is 10.1. The second kappa shape index (κ2) is 8.39. The number of rotatable bonds is 6. The van der Waals surface area contributed by atoms with E-state index in [2.05, 4.69) is 13.0 Å². The summed E-state index contributed by atoms with van der Waals surface area (Å²) < 4.78 is 17.7. The summed E-state index contributed by atoms with van der Waals surface area (Å²) in [5.74, 6) is 0.775. The van der Waals surface area contributed by atoms with Crippen LogP contribution in [0.4, 0.5) is 5.13 Å². The number of anilines is 1. The fraction of sp³-hybridized carbons (Fsp3) is 0.364. The smallest absolute Gasteiger partial charge is 0.264 e. The largest absolute Gasteiger partial charge is 0.493 e. The lowest BCUT2D eigenvalue weighted by molar-refractivity contribution is 0.0914. The summed E-state index contributed by atoms with van der Waals surface area (Å²) in [6.07, 6.45) is 1.95. The van der Waals surface area contributed by atoms with E-state index >= 15 is 0 Å². The summed E-state index contributed by atoms with van der Waals surface area (Å²) >= 11 is 1.52. The van der Waals surface area contributed by atoms with Crippen LogP contribution in [-0.2, 0) is 4.74 Å². The third kappa shape index (κ3) is 3.93. The van der Waals surface area contributed by atoms with Gasteiger partial charge in [-0.1, -0.05) is 23.5 Å². The summed E-state index contributed by atoms with van der Waals surface area (Å²) in [6.45, 7) is 3.24. The van der Waals surface area contributed by atoms with Gasteiger partial charge in [-0.15, -0.1) is 0 Å². The van der Waals surface area contributed by atoms with Gasteiger partial charge in [0.05, 0.1) is 42.6 Å². The maximum atomic E-state index is 13.6. The lowest BCUT2D eigenvalue weighted by Gasteiger charge is -2.24. The Balaban J connectivity index is 1.76. The highest BCUT2D eigenvalue weighted by Crippen LogP contribution is 2.35. The molecule has 1 unspecified atom stereocenters. The Labute approximate surface area is 174 Å². The van der Waals surface area contributed by atoms with E-state index in [-0.39, 0.29) is 12.0 Å². The fourth-order valence-electron chi connectivity index (χ4n) is 3.58. The van der Waals surface area contributed by atoms with Crippen LogP contribution in [0.15, 0.2) is 36.4 Å². The molecule has 0 saturated carbocycles. The molecule has 3 aromatic rings. The molecule has 4 rings (SSSR count). The first-order valence-electron chi connectivity index (χ1n) is 9.62. The molecular formula is C22H24N2O4S. The van der Waals surface area contributed by atoms with Crippen LogP contribution in [0.5, 0.6) is 11.5 Å². The van der Waals surface area contributed by atoms with Crippen LogP contribution in [0, 0.1) is 6.92 Å². The van der Waals surface area contributed by atoms with Gasteiger partial charge in [-0.25, -0.2) is 4.98 Å². The van der Waals surface area contributed by atoms with Gasteiger partial charge in [0.2, 0.25) is 0 Å². The summed E-state index contributed by atoms with van der Waals surface area (Å²) in [5.41, 5.74) is 2.50. The Morgan fingerprint density at radius 2 is 2.14 bits per heavy atom. The van der Waals surface area contributed by atoms with Crippen molar-refractivity contribution in [3.63, 3.8) is 0 Å². The molecule has 0 spiro atoms. The zero-order chi connectivity index (χ0) is 20.4. The first-order valence-corrected chi connectivity index (χ1v) is 10.4. The molecule has 1 saturated heterocycles. The molecule has 1 aliphatic heterocycles. The highest BCUT2D eigenvalue weighted by molar-refractivity contribution is 7.22. The van der Waals surface area contributed by atoms with Crippen LogP contribution in [-0.4, -0.2) is 44.4 Å². The number of ether oxygens (including phenoxy) is 3. The van der Waals surface area contributed by atoms with Crippen molar-refractivity contribution < 1.29 is 19.0 Å². The van der Waals surface area contributed by atoms with Gasteiger partial charge >= 0.3 is 0 Å². The van der Waals surface area contributed by atoms with Gasteiger partial charge in [0, 0.05) is 6.61 Å². The van der Waals surface area contributed by atoms with Crippen molar-refractivity contribution in [2.24, 2.45) is 0 Å². The van der Waals surface area contributed by atoms with Crippen molar-refractivity contribution >= 4 is 32.6 Å². The molecule has 2 aromatic carbocycles. The van der Waals surface area contributed by atoms with Crippen molar-refractivity contribution in [1.29, 1.82) is 0 Å². The van der Waals surface area contributed by atoms with Crippen molar-refractivity contribution in [2.45, 2.75) is 25.9 Å². The number of hydrogen-bond acceptors (Lipinski definition) is 6. The molecule has 1 fully saturated rings. The summed E-state index contributed by atoms with van der Waals surface area (Å²) in [7, 11) is 3.10. The highest BCUT2D eigenvalue weighted by atomic mass is 32.1. The van der Waals surface area contributed by atoms with Gasteiger partial charge in [-0.2, -0.15) is 0 Å². The molecule has 1 aromatic heterocycles. The molecule has 1 atom stereocenters. The Morgan fingerprint density at radius 3 is 2.86 bits per heavy atom. The van der Waals surface area contributed by atoms with Gasteiger partial charge < -0.3 is 14.2 Å². The Bertz CT molecular complexity index is 1030. The van der Waals surface area contributed by atoms with E-state index in [1.165, 1.54) is 16.9 Å². The molecule has 152 valence electrons. The molecule has 7 heteroatoms. The first kappa shape index (κ1) is 19.7. The number of para-hydroxylation sites is 1. The van der Waals surface area contributed by atoms with E-state index in [1.807, 2.05) is 12.1 Å². The number of aromatic nitrogens is 1. The first-order chi connectivity index (χ1) is 14.1. The molecule has 2 heterocycles. The van der Waals surface area contributed by atoms with Gasteiger partial charge in [0.15, 0.2) is 16.6 Å². The van der Waals surface area contributed by atoms with Crippen LogP contribution in [0.3, 0.4) is 0 Å². The number of carbonyl (C=O) groups excluding carboxylic acids is 1. The molecule has 1 amide bonds. The Morgan fingerprint density at radius 1 is 1.28 bits per heavy atom. The Kier molecular flexibility index (Phi) is 5.69. The second-order valence-electron chi connectivity index (χ2n) is 7.06. The topological polar surface area (TPSA) is 60.9 Å². The average molecular weight is 413 g/mol. The van der Waals surface area contributed by atoms with Gasteiger partial charge in [-0.3, -0.25) is 9.69 Å². The number of aryl methyl sites for hydroxylation is 1. The number of thiazole rings is 1. The molecule has 0 aliphatic carbocycles. The normalized spacial score (nSPS) is 16.2. The lowest BCUT2D eigenvalue weighted by Crippen LogP contribution is -2.37. The van der Waals surface area contributed by atoms with Crippen LogP contribution in [0.1, 0.15) is 28.8 Å². The molecule has 6 nitrogen and oxygen atoms in total. The van der Waals surface area contributed by atoms with Crippen LogP contribution < -0.4 is 14.4 Å². The zero-order valence-electron chi connectivity index (χ0n) is 16.8. The van der Waals surface area contributed by atoms with E-state index in [9.17, 15) is 4.79 Å². The predicted molar refractivity (Wildman–Crippen MR) is 115 cm³/mol. The van der Waals surface area contributed by atoms with E-state index in [0.717, 1.165) is 29.7 Å². The third-order valence-corrected chi connectivity index (χ3v) is 6.09. The fourth-order valence-corrected chi connectivity index (χ4v) is 4.65. The standard InChI is InChI=1S/C22H24N2O4S/c1-14-9-10-17-19(12-14)29-22(23-17)24(13-15-6-5-11-28-15)21(25)16-7-4-8-18(26-2)20(16)27-3/h4,7-10,12,15H,5-6,11,13H2,1-3H3. The molecule has 1 aliphatic rings. The maximum absolute atomic E-state index is 13.6. The molecular weight excluding hydrogens is 388 g/mol. The average Bonchev–Trinajstić information content (AvgIpc) is 3.39. The summed E-state index contributed by atoms with van der Waals surface area (Å²) in [5, 5.41) is 0.663. The summed E-state index contributed by atoms with van der Waals surface area (Å²) in [4.78, 5) is 20.1. The highest BCUT2D eigenvalue weighted by Gasteiger charge is 2.29. The SMILES string of the molecule is COc1cccc(C(=O)N(CC2CCCO2)c2nc3ccc(C)cc3s2)c1OC. The number of carbonyl (C=O) groups is 1. The van der Waals surface area contributed by atoms with Crippen LogP contribution >= 0.6 is 11.3 Å². The number of benzene rings is 2. The maximum Gasteiger partial charge on any atom is 0.264 e. The minimum absolute atomic E-state index is 0.00398. The minimum atomic E-state index is -0.174. The molecule has 29 heavy (non-hydrogen) atoms. The van der Waals surface area contributed by atoms with Crippen LogP contribution in [0.2, 0.25) is 0 Å². The summed E-state index contributed by atoms with van der Waals surface area (Å²) in [6, 6.07) is 11.4. The van der Waals surface area contributed by atoms with E-state index in [4.69, 9.17) is 19.2 Å². The molecule has 0 N–H and O–H groups in total. The number of methoxy groups -OCH3 is 2. The monoisotopic (exact) mass is 412 g/mol. The molecule has 0 bridgehead atoms. The van der Waals surface area contributed by atoms with E-state index in [0.29, 0.717) is 28.7 Å². The number of nitrogens with zero attached hydrogens (tertiary/aromatic N) is 2. The van der Waals surface area contributed by atoms with Gasteiger partial charge in [-0.05, 0) is 49.6 Å². The minimum Gasteiger partial charge on any atom is -0.493 e. The quantitative estimate of drug-likeness (QED) is 0.599. The van der Waals surface area contributed by atoms with Crippen molar-refractivity contribution in [1.82, 2.24) is 4.98 Å². The number of hydrogen-bond donors (Lipinski definition) is 0. The number of fused-ring (bicyclic) bond motifs is 1. The third-order valence-electron chi connectivity index (χ3n) is 5.05. The predicted octanol–water partition coefficient (Wildman–Crippen LogP) is 4.45. The van der Waals surface area contributed by atoms with Crippen molar-refractivity contribution in [3.05, 3.63) is 47.5 Å². The van der Waals surface area contributed by atoms with Crippen molar-refractivity contribution in [2.75, 3.05) is 32.3 Å². The van der Waals surface area contributed by atoms with Gasteiger partial charge in [0.1, 0.15) is 0 Å². The molecule has 0 radical (unpaired) electrons. The zero-order valence-corrected chi connectivity index (χ0v) is 17.6. The van der Waals surface area contributed by atoms with Crippen LogP contribution in [0.25, 0.3) is 10.2 Å². The van der Waals surface area contributed by atoms with Crippen molar-refractivity contribution in [3.8, 4) is 11.5 Å². The Hall–Kier alpha value is -2.64. The van der Waals surface area contributed by atoms with E-state index < -0.39 is 0 Å². The van der Waals surface area contributed by atoms with Gasteiger partial charge in [0.25, 0.3) is 5.91 Å². The number of amides is 1. The second-order valence-corrected chi connectivity index (χ2v) is 8.07. The van der Waals surface area contributed by atoms with E-state index in [1.54, 1.807) is 37.3 Å².